The second-order valence-corrected chi connectivity index (χ2v) is 23.5. The molecule has 1 aliphatic rings. The van der Waals surface area contributed by atoms with Crippen molar-refractivity contribution in [2.45, 2.75) is 116 Å². The molecule has 220 valence electrons. The van der Waals surface area contributed by atoms with Crippen LogP contribution >= 0.6 is 0 Å². The van der Waals surface area contributed by atoms with Gasteiger partial charge in [0.15, 0.2) is 14.1 Å². The molecule has 1 amide bonds. The normalized spacial score (nSPS) is 17.1. The number of nitrogen functional groups attached to an aromatic ring is 1. The van der Waals surface area contributed by atoms with Gasteiger partial charge in [-0.05, 0) is 59.7 Å². The van der Waals surface area contributed by atoms with Gasteiger partial charge >= 0.3 is 0 Å². The number of amides is 1. The molecule has 1 heterocycles. The first-order chi connectivity index (χ1) is 17.9. The number of nitrogens with two attached hydrogens (primary N) is 1. The van der Waals surface area contributed by atoms with E-state index in [0.717, 1.165) is 12.0 Å². The van der Waals surface area contributed by atoms with Crippen LogP contribution in [0.15, 0.2) is 36.1 Å². The Balaban J connectivity index is 2.47. The Morgan fingerprint density at radius 3 is 2.10 bits per heavy atom. The van der Waals surface area contributed by atoms with E-state index in [1.807, 2.05) is 19.2 Å². The number of benzene rings is 1. The second-order valence-electron chi connectivity index (χ2n) is 13.4. The molecule has 0 aromatic heterocycles. The highest BCUT2D eigenvalue weighted by Gasteiger charge is 2.47. The van der Waals surface area contributed by atoms with Crippen molar-refractivity contribution in [2.75, 3.05) is 19.5 Å². The SMILES string of the molecule is CC=CC1=CN(C(=O)c2cc(OC)c(O[Si](C(C)C)(C(C)C)C(C)C)cc2N)[C@H](CO[Si](C)(C)C(C)(C)C)C1. The average Bonchev–Trinajstić information content (AvgIpc) is 3.22. The highest BCUT2D eigenvalue weighted by molar-refractivity contribution is 6.78. The number of nitrogens with zero attached hydrogens (tertiary/aromatic N) is 1. The van der Waals surface area contributed by atoms with Gasteiger partial charge in [-0.15, -0.1) is 0 Å². The van der Waals surface area contributed by atoms with Crippen molar-refractivity contribution in [3.63, 3.8) is 0 Å². The van der Waals surface area contributed by atoms with Crippen LogP contribution in [0.25, 0.3) is 0 Å². The molecule has 8 heteroatoms. The molecule has 1 aliphatic heterocycles. The second kappa shape index (κ2) is 12.6. The highest BCUT2D eigenvalue weighted by atomic mass is 28.4. The van der Waals surface area contributed by atoms with E-state index >= 15 is 0 Å². The number of ether oxygens (including phenoxy) is 1. The third-order valence-corrected chi connectivity index (χ3v) is 19.3. The fourth-order valence-electron chi connectivity index (χ4n) is 5.60. The first kappa shape index (κ1) is 33.2. The van der Waals surface area contributed by atoms with Crippen LogP contribution in [0.1, 0.15) is 86.0 Å². The number of hydrogen-bond donors (Lipinski definition) is 1. The molecule has 0 fully saturated rings. The van der Waals surface area contributed by atoms with Crippen LogP contribution in [0.4, 0.5) is 5.69 Å². The maximum absolute atomic E-state index is 14.0. The molecule has 1 aromatic rings. The molecule has 6 nitrogen and oxygen atoms in total. The smallest absolute Gasteiger partial charge is 0.260 e. The van der Waals surface area contributed by atoms with Crippen molar-refractivity contribution in [3.8, 4) is 11.5 Å². The zero-order valence-electron chi connectivity index (χ0n) is 26.8. The summed E-state index contributed by atoms with van der Waals surface area (Å²) in [6.07, 6.45) is 6.74. The number of rotatable bonds is 11. The van der Waals surface area contributed by atoms with E-state index in [-0.39, 0.29) is 17.0 Å². The minimum absolute atomic E-state index is 0.0914. The zero-order valence-corrected chi connectivity index (χ0v) is 28.8. The van der Waals surface area contributed by atoms with Gasteiger partial charge in [-0.2, -0.15) is 0 Å². The van der Waals surface area contributed by atoms with Gasteiger partial charge in [0, 0.05) is 18.0 Å². The number of allylic oxidation sites excluding steroid dienone is 2. The maximum atomic E-state index is 14.0. The van der Waals surface area contributed by atoms with E-state index in [9.17, 15) is 4.79 Å². The summed E-state index contributed by atoms with van der Waals surface area (Å²) in [4.78, 5) is 15.8. The summed E-state index contributed by atoms with van der Waals surface area (Å²) < 4.78 is 19.2. The number of hydrogen-bond acceptors (Lipinski definition) is 5. The standard InChI is InChI=1S/C31H54N2O4Si2/c1-14-15-24-16-25(20-36-38(12,13)31(8,9)10)33(19-24)30(34)26-17-28(35-11)29(18-27(26)32)37-39(21(2)3,22(4)5)23(6)7/h14-15,17-19,21-23,25H,16,20,32H2,1-13H3/t25-/m0/s1. The van der Waals surface area contributed by atoms with Gasteiger partial charge < -0.3 is 24.2 Å². The first-order valence-corrected chi connectivity index (χ1v) is 19.4. The molecular formula is C31H54N2O4Si2. The summed E-state index contributed by atoms with van der Waals surface area (Å²) in [5, 5.41) is 0.0914. The Hall–Kier alpha value is -2.04. The van der Waals surface area contributed by atoms with Crippen LogP contribution in [-0.4, -0.2) is 47.2 Å². The van der Waals surface area contributed by atoms with Gasteiger partial charge in [-0.3, -0.25) is 4.79 Å². The average molecular weight is 575 g/mol. The Kier molecular flexibility index (Phi) is 10.8. The first-order valence-electron chi connectivity index (χ1n) is 14.4. The van der Waals surface area contributed by atoms with Crippen molar-refractivity contribution < 1.29 is 18.4 Å². The minimum Gasteiger partial charge on any atom is -0.540 e. The summed E-state index contributed by atoms with van der Waals surface area (Å²) >= 11 is 0. The minimum atomic E-state index is -2.24. The molecule has 0 bridgehead atoms. The monoisotopic (exact) mass is 574 g/mol. The highest BCUT2D eigenvalue weighted by Crippen LogP contribution is 2.46. The maximum Gasteiger partial charge on any atom is 0.260 e. The fraction of sp³-hybridized carbons (Fsp3) is 0.645. The van der Waals surface area contributed by atoms with Crippen LogP contribution in [0.5, 0.6) is 11.5 Å². The quantitative estimate of drug-likeness (QED) is 0.212. The molecular weight excluding hydrogens is 521 g/mol. The van der Waals surface area contributed by atoms with Gasteiger partial charge in [-0.25, -0.2) is 0 Å². The Morgan fingerprint density at radius 2 is 1.64 bits per heavy atom. The summed E-state index contributed by atoms with van der Waals surface area (Å²) in [6, 6.07) is 3.44. The van der Waals surface area contributed by atoms with Crippen molar-refractivity contribution in [1.82, 2.24) is 4.90 Å². The molecule has 2 N–H and O–H groups in total. The van der Waals surface area contributed by atoms with Gasteiger partial charge in [0.2, 0.25) is 0 Å². The summed E-state index contributed by atoms with van der Waals surface area (Å²) in [6.45, 7) is 27.1. The number of carbonyl (C=O) groups is 1. The molecule has 39 heavy (non-hydrogen) atoms. The molecule has 0 saturated carbocycles. The lowest BCUT2D eigenvalue weighted by Crippen LogP contribution is -2.50. The van der Waals surface area contributed by atoms with Crippen LogP contribution < -0.4 is 14.9 Å². The van der Waals surface area contributed by atoms with Crippen molar-refractivity contribution in [3.05, 3.63) is 41.6 Å². The van der Waals surface area contributed by atoms with Crippen LogP contribution in [0.2, 0.25) is 34.8 Å². The molecule has 0 radical (unpaired) electrons. The molecule has 0 aliphatic carbocycles. The third kappa shape index (κ3) is 7.00. The molecule has 1 aromatic carbocycles. The molecule has 2 rings (SSSR count). The van der Waals surface area contributed by atoms with Crippen LogP contribution in [-0.2, 0) is 4.43 Å². The van der Waals surface area contributed by atoms with Crippen LogP contribution in [0, 0.1) is 0 Å². The fourth-order valence-corrected chi connectivity index (χ4v) is 11.9. The Morgan fingerprint density at radius 1 is 1.08 bits per heavy atom. The van der Waals surface area contributed by atoms with E-state index in [0.29, 0.717) is 46.0 Å². The predicted octanol–water partition coefficient (Wildman–Crippen LogP) is 8.53. The van der Waals surface area contributed by atoms with E-state index in [2.05, 4.69) is 81.5 Å². The lowest BCUT2D eigenvalue weighted by molar-refractivity contribution is 0.0738. The van der Waals surface area contributed by atoms with Gasteiger partial charge in [0.1, 0.15) is 5.75 Å². The molecule has 1 atom stereocenters. The van der Waals surface area contributed by atoms with Crippen molar-refractivity contribution in [2.24, 2.45) is 0 Å². The van der Waals surface area contributed by atoms with Crippen molar-refractivity contribution >= 4 is 28.2 Å². The zero-order chi connectivity index (χ0) is 29.9. The number of carbonyl (C=O) groups excluding carboxylic acids is 1. The molecule has 0 saturated heterocycles. The third-order valence-electron chi connectivity index (χ3n) is 8.79. The Bertz CT molecular complexity index is 1050. The van der Waals surface area contributed by atoms with E-state index in [1.165, 1.54) is 0 Å². The topological polar surface area (TPSA) is 74.0 Å². The van der Waals surface area contributed by atoms with Crippen LogP contribution in [0.3, 0.4) is 0 Å². The largest absolute Gasteiger partial charge is 0.540 e. The molecule has 0 unspecified atom stereocenters. The Labute approximate surface area is 240 Å². The molecule has 0 spiro atoms. The van der Waals surface area contributed by atoms with Gasteiger partial charge in [-0.1, -0.05) is 74.5 Å². The number of methoxy groups -OCH3 is 1. The van der Waals surface area contributed by atoms with Gasteiger partial charge in [0.05, 0.1) is 25.3 Å². The van der Waals surface area contributed by atoms with E-state index in [4.69, 9.17) is 19.3 Å². The lowest BCUT2D eigenvalue weighted by atomic mass is 10.1. The van der Waals surface area contributed by atoms with Gasteiger partial charge in [0.25, 0.3) is 14.2 Å². The number of anilines is 1. The van der Waals surface area contributed by atoms with E-state index < -0.39 is 16.6 Å². The summed E-state index contributed by atoms with van der Waals surface area (Å²) in [5.41, 5.74) is 9.67. The van der Waals surface area contributed by atoms with Crippen molar-refractivity contribution in [1.29, 1.82) is 0 Å². The predicted molar refractivity (Wildman–Crippen MR) is 170 cm³/mol. The lowest BCUT2D eigenvalue weighted by Gasteiger charge is -2.42. The van der Waals surface area contributed by atoms with E-state index in [1.54, 1.807) is 24.1 Å². The summed E-state index contributed by atoms with van der Waals surface area (Å²) in [7, 11) is -2.60. The summed E-state index contributed by atoms with van der Waals surface area (Å²) in [5.74, 6) is 1.01.